The van der Waals surface area contributed by atoms with Gasteiger partial charge in [-0.1, -0.05) is 23.7 Å². The maximum absolute atomic E-state index is 14.5. The van der Waals surface area contributed by atoms with Gasteiger partial charge < -0.3 is 44.7 Å². The topological polar surface area (TPSA) is 233 Å². The van der Waals surface area contributed by atoms with Crippen molar-refractivity contribution in [1.29, 1.82) is 0 Å². The van der Waals surface area contributed by atoms with Crippen LogP contribution in [0.1, 0.15) is 57.6 Å². The number of halogens is 1. The van der Waals surface area contributed by atoms with E-state index in [0.717, 1.165) is 4.57 Å². The van der Waals surface area contributed by atoms with E-state index in [-0.39, 0.29) is 62.4 Å². The molecule has 65 heavy (non-hydrogen) atoms. The zero-order chi connectivity index (χ0) is 46.8. The molecule has 2 aliphatic rings. The van der Waals surface area contributed by atoms with Crippen molar-refractivity contribution in [3.05, 3.63) is 89.3 Å². The van der Waals surface area contributed by atoms with Crippen molar-refractivity contribution in [2.45, 2.75) is 71.3 Å². The number of aliphatic hydroxyl groups excluding tert-OH is 1. The molecule has 0 aliphatic carbocycles. The Hall–Kier alpha value is -6.90. The van der Waals surface area contributed by atoms with Crippen LogP contribution < -0.4 is 15.5 Å². The second-order valence-corrected chi connectivity index (χ2v) is 17.9. The van der Waals surface area contributed by atoms with Gasteiger partial charge in [0, 0.05) is 47.8 Å². The Morgan fingerprint density at radius 1 is 0.862 bits per heavy atom. The molecule has 2 saturated heterocycles. The minimum absolute atomic E-state index is 0.0228. The minimum atomic E-state index is -1.24. The van der Waals surface area contributed by atoms with Gasteiger partial charge in [-0.15, -0.1) is 5.10 Å². The molecule has 2 aliphatic heterocycles. The van der Waals surface area contributed by atoms with Crippen molar-refractivity contribution in [3.8, 4) is 5.69 Å². The van der Waals surface area contributed by atoms with E-state index in [2.05, 4.69) is 26.2 Å². The Labute approximate surface area is 378 Å². The van der Waals surface area contributed by atoms with Crippen LogP contribution in [-0.2, 0) is 35.0 Å². The summed E-state index contributed by atoms with van der Waals surface area (Å²) in [5.74, 6) is -3.29. The third kappa shape index (κ3) is 10.7. The predicted molar refractivity (Wildman–Crippen MR) is 237 cm³/mol. The number of esters is 1. The van der Waals surface area contributed by atoms with Crippen molar-refractivity contribution < 1.29 is 48.1 Å². The lowest BCUT2D eigenvalue weighted by Crippen LogP contribution is -2.60. The number of ether oxygens (including phenoxy) is 3. The Kier molecular flexibility index (Phi) is 13.2. The normalized spacial score (nSPS) is 16.4. The van der Waals surface area contributed by atoms with E-state index in [1.807, 2.05) is 0 Å². The monoisotopic (exact) mass is 912 g/mol. The lowest BCUT2D eigenvalue weighted by atomic mass is 10.0. The van der Waals surface area contributed by atoms with Crippen LogP contribution in [0.25, 0.3) is 16.6 Å². The molecule has 3 aromatic carbocycles. The molecule has 0 spiro atoms. The van der Waals surface area contributed by atoms with E-state index in [1.54, 1.807) is 90.1 Å². The van der Waals surface area contributed by atoms with Gasteiger partial charge in [0.25, 0.3) is 0 Å². The number of tetrazole rings is 1. The molecule has 2 fully saturated rings. The highest BCUT2D eigenvalue weighted by Crippen LogP contribution is 2.31. The van der Waals surface area contributed by atoms with Gasteiger partial charge in [-0.05, 0) is 112 Å². The number of amides is 5. The summed E-state index contributed by atoms with van der Waals surface area (Å²) in [4.78, 5) is 86.7. The number of urea groups is 1. The Morgan fingerprint density at radius 3 is 2.26 bits per heavy atom. The number of morpholine rings is 1. The van der Waals surface area contributed by atoms with E-state index in [9.17, 15) is 33.9 Å². The summed E-state index contributed by atoms with van der Waals surface area (Å²) in [7, 11) is 0. The molecule has 5 aromatic rings. The smallest absolute Gasteiger partial charge is 0.419 e. The van der Waals surface area contributed by atoms with Gasteiger partial charge in [0.05, 0.1) is 42.8 Å². The molecule has 4 heterocycles. The lowest BCUT2D eigenvalue weighted by molar-refractivity contribution is -0.149. The molecular formula is C44H49ClN10O10. The van der Waals surface area contributed by atoms with Crippen molar-refractivity contribution in [2.24, 2.45) is 0 Å². The van der Waals surface area contributed by atoms with Crippen LogP contribution in [0.5, 0.6) is 0 Å². The number of piperazine rings is 1. The third-order valence-electron chi connectivity index (χ3n) is 10.3. The van der Waals surface area contributed by atoms with Gasteiger partial charge in [-0.2, -0.15) is 4.68 Å². The highest BCUT2D eigenvalue weighted by molar-refractivity contribution is 6.41. The zero-order valence-electron chi connectivity index (χ0n) is 36.6. The van der Waals surface area contributed by atoms with E-state index in [0.29, 0.717) is 39.4 Å². The molecule has 0 bridgehead atoms. The van der Waals surface area contributed by atoms with Crippen molar-refractivity contribution in [1.82, 2.24) is 34.6 Å². The summed E-state index contributed by atoms with van der Waals surface area (Å²) < 4.78 is 19.2. The molecule has 3 N–H and O–H groups in total. The molecule has 5 amide bonds. The van der Waals surface area contributed by atoms with Gasteiger partial charge in [0.15, 0.2) is 0 Å². The molecule has 7 rings (SSSR count). The molecule has 342 valence electrons. The Balaban J connectivity index is 1.18. The summed E-state index contributed by atoms with van der Waals surface area (Å²) >= 11 is 6.35. The summed E-state index contributed by atoms with van der Waals surface area (Å²) in [5, 5.41) is 27.2. The number of nitrogens with one attached hydrogen (secondary N) is 2. The minimum Gasteiger partial charge on any atom is -0.455 e. The summed E-state index contributed by atoms with van der Waals surface area (Å²) in [6.45, 7) is 10.7. The van der Waals surface area contributed by atoms with E-state index < -0.39 is 53.1 Å². The maximum Gasteiger partial charge on any atom is 0.419 e. The van der Waals surface area contributed by atoms with Crippen LogP contribution in [0.4, 0.5) is 26.7 Å². The number of fused-ring (bicyclic) bond motifs is 1. The highest BCUT2D eigenvalue weighted by atomic mass is 35.5. The Bertz CT molecular complexity index is 2620. The van der Waals surface area contributed by atoms with Crippen LogP contribution in [-0.4, -0.2) is 138 Å². The molecule has 21 heteroatoms. The first-order valence-electron chi connectivity index (χ1n) is 20.7. The van der Waals surface area contributed by atoms with E-state index >= 15 is 0 Å². The van der Waals surface area contributed by atoms with Crippen LogP contribution in [0, 0.1) is 0 Å². The molecule has 0 unspecified atom stereocenters. The van der Waals surface area contributed by atoms with E-state index in [4.69, 9.17) is 25.8 Å². The Morgan fingerprint density at radius 2 is 1.58 bits per heavy atom. The average Bonchev–Trinajstić information content (AvgIpc) is 3.92. The summed E-state index contributed by atoms with van der Waals surface area (Å²) in [6.07, 6.45) is -0.000338. The highest BCUT2D eigenvalue weighted by Gasteiger charge is 2.41. The number of anilines is 3. The number of hydrogen-bond acceptors (Lipinski definition) is 13. The second kappa shape index (κ2) is 18.7. The van der Waals surface area contributed by atoms with Crippen molar-refractivity contribution in [3.63, 3.8) is 0 Å². The van der Waals surface area contributed by atoms with Gasteiger partial charge in [-0.3, -0.25) is 14.4 Å². The van der Waals surface area contributed by atoms with Gasteiger partial charge in [0.2, 0.25) is 5.91 Å². The number of rotatable bonds is 10. The van der Waals surface area contributed by atoms with Crippen molar-refractivity contribution in [2.75, 3.05) is 54.9 Å². The standard InChI is InChI=1S/C44H49ClN10O10/c1-43(2,3)64-40(60)36-21-27-20-30(12-14-32(27)55(36)42(62)65-44(4,5)6)47-37(57)35(19-26-7-10-29(11-8-26)48-41(61)51-17-18-63-31(23-51)24-56)53-16-15-52(38(58)39(53)59)34-22-28(45)9-13-33(34)54-25-46-49-50-54/h7-14,20-22,25,31,35,56H,15-19,23-24H2,1-6H3,(H,47,57)(H,48,61)/t31-,35-/m0/s1. The van der Waals surface area contributed by atoms with Gasteiger partial charge in [0.1, 0.15) is 29.3 Å². The number of carbonyl (C=O) groups is 6. The quantitative estimate of drug-likeness (QED) is 0.128. The zero-order valence-corrected chi connectivity index (χ0v) is 37.4. The van der Waals surface area contributed by atoms with Crippen LogP contribution in [0.15, 0.2) is 73.1 Å². The maximum atomic E-state index is 14.5. The van der Waals surface area contributed by atoms with Gasteiger partial charge >= 0.3 is 29.9 Å². The fourth-order valence-electron chi connectivity index (χ4n) is 7.37. The molecule has 0 radical (unpaired) electrons. The number of aromatic nitrogens is 5. The summed E-state index contributed by atoms with van der Waals surface area (Å²) in [5.41, 5.74) is 0.445. The molecule has 2 aromatic heterocycles. The van der Waals surface area contributed by atoms with E-state index in [1.165, 1.54) is 43.9 Å². The first kappa shape index (κ1) is 46.1. The number of hydrogen-bond donors (Lipinski definition) is 3. The number of benzene rings is 3. The fourth-order valence-corrected chi connectivity index (χ4v) is 7.53. The van der Waals surface area contributed by atoms with Crippen LogP contribution in [0.2, 0.25) is 5.02 Å². The summed E-state index contributed by atoms with van der Waals surface area (Å²) in [6, 6.07) is 15.9. The number of carbonyl (C=O) groups excluding carboxylic acids is 6. The molecular weight excluding hydrogens is 864 g/mol. The van der Waals surface area contributed by atoms with Crippen molar-refractivity contribution >= 4 is 75.4 Å². The second-order valence-electron chi connectivity index (χ2n) is 17.4. The van der Waals surface area contributed by atoms with Gasteiger partial charge in [-0.25, -0.2) is 19.0 Å². The number of nitrogens with zero attached hydrogens (tertiary/aromatic N) is 8. The van der Waals surface area contributed by atoms with Crippen LogP contribution >= 0.6 is 11.6 Å². The van der Waals surface area contributed by atoms with Crippen LogP contribution in [0.3, 0.4) is 0 Å². The first-order chi connectivity index (χ1) is 30.8. The first-order valence-corrected chi connectivity index (χ1v) is 21.1. The fraction of sp³-hybridized carbons (Fsp3) is 0.386. The largest absolute Gasteiger partial charge is 0.455 e. The third-order valence-corrected chi connectivity index (χ3v) is 10.5. The molecule has 2 atom stereocenters. The number of aliphatic hydroxyl groups is 1. The SMILES string of the molecule is CC(C)(C)OC(=O)c1cc2cc(NC(=O)[C@H](Cc3ccc(NC(=O)N4CCO[C@H](CO)C4)cc3)N3CCN(c4cc(Cl)ccc4-n4cnnn4)C(=O)C3=O)ccc2n1C(=O)OC(C)(C)C. The average molecular weight is 913 g/mol. The molecule has 0 saturated carbocycles. The molecule has 20 nitrogen and oxygen atoms in total. The predicted octanol–water partition coefficient (Wildman–Crippen LogP) is 4.66. The lowest BCUT2D eigenvalue weighted by Gasteiger charge is -2.38.